The first-order chi connectivity index (χ1) is 13.7. The van der Waals surface area contributed by atoms with Gasteiger partial charge in [0.05, 0.1) is 5.69 Å². The molecule has 3 heterocycles. The maximum atomic E-state index is 12.5. The highest BCUT2D eigenvalue weighted by Gasteiger charge is 2.30. The van der Waals surface area contributed by atoms with Gasteiger partial charge in [0, 0.05) is 38.9 Å². The Bertz CT molecular complexity index is 803. The number of likely N-dealkylation sites (tertiary alicyclic amines) is 1. The molecule has 0 unspecified atom stereocenters. The van der Waals surface area contributed by atoms with Crippen LogP contribution in [0.25, 0.3) is 0 Å². The Hall–Kier alpha value is -2.34. The number of rotatable bonds is 2. The molecule has 1 amide bonds. The van der Waals surface area contributed by atoms with Crippen LogP contribution in [0.5, 0.6) is 5.75 Å². The van der Waals surface area contributed by atoms with E-state index in [0.29, 0.717) is 5.92 Å². The van der Waals surface area contributed by atoms with E-state index in [2.05, 4.69) is 27.4 Å². The molecule has 2 atom stereocenters. The summed E-state index contributed by atoms with van der Waals surface area (Å²) >= 11 is 0. The molecule has 0 saturated carbocycles. The first-order valence-corrected chi connectivity index (χ1v) is 10.4. The predicted octanol–water partition coefficient (Wildman–Crippen LogP) is 2.53. The molecule has 2 aliphatic heterocycles. The van der Waals surface area contributed by atoms with Crippen LogP contribution in [0.4, 0.5) is 0 Å². The number of fused-ring (bicyclic) bond motifs is 2. The standard InChI is InChI=1S/C22H30N4O2/c1-25-19(10-12-23-25)15-26-13-11-20-18(14-26)8-3-2-6-17-7-4-5-9-21(17)28-16-22(27)24-20/h4-5,7,9-10,12,18,20H,2-3,6,8,11,13-16H2,1H3,(H,24,27)/t18-,20+/m0/s1. The molecule has 0 radical (unpaired) electrons. The summed E-state index contributed by atoms with van der Waals surface area (Å²) in [6.45, 7) is 3.03. The fraction of sp³-hybridized carbons (Fsp3) is 0.545. The molecular formula is C22H30N4O2. The Morgan fingerprint density at radius 1 is 1.21 bits per heavy atom. The smallest absolute Gasteiger partial charge is 0.258 e. The van der Waals surface area contributed by atoms with Crippen LogP contribution >= 0.6 is 0 Å². The summed E-state index contributed by atoms with van der Waals surface area (Å²) < 4.78 is 7.77. The first kappa shape index (κ1) is 19.0. The number of carbonyl (C=O) groups is 1. The molecule has 1 fully saturated rings. The van der Waals surface area contributed by atoms with Crippen molar-refractivity contribution in [3.63, 3.8) is 0 Å². The van der Waals surface area contributed by atoms with Gasteiger partial charge in [0.1, 0.15) is 5.75 Å². The Kier molecular flexibility index (Phi) is 5.95. The Balaban J connectivity index is 1.42. The summed E-state index contributed by atoms with van der Waals surface area (Å²) in [4.78, 5) is 15.0. The lowest BCUT2D eigenvalue weighted by Gasteiger charge is -2.39. The van der Waals surface area contributed by atoms with Gasteiger partial charge >= 0.3 is 0 Å². The average Bonchev–Trinajstić information content (AvgIpc) is 3.09. The number of hydrogen-bond donors (Lipinski definition) is 1. The zero-order valence-corrected chi connectivity index (χ0v) is 16.6. The normalized spacial score (nSPS) is 24.1. The van der Waals surface area contributed by atoms with E-state index in [1.165, 1.54) is 17.7 Å². The number of amides is 1. The molecular weight excluding hydrogens is 352 g/mol. The second-order valence-corrected chi connectivity index (χ2v) is 8.05. The van der Waals surface area contributed by atoms with Crippen molar-refractivity contribution in [2.24, 2.45) is 13.0 Å². The molecule has 6 heteroatoms. The summed E-state index contributed by atoms with van der Waals surface area (Å²) in [5.41, 5.74) is 2.44. The van der Waals surface area contributed by atoms with E-state index in [-0.39, 0.29) is 18.6 Å². The van der Waals surface area contributed by atoms with Crippen LogP contribution in [0.15, 0.2) is 36.5 Å². The van der Waals surface area contributed by atoms with Crippen molar-refractivity contribution in [3.8, 4) is 5.75 Å². The van der Waals surface area contributed by atoms with Gasteiger partial charge < -0.3 is 10.1 Å². The molecule has 1 saturated heterocycles. The molecule has 6 nitrogen and oxygen atoms in total. The van der Waals surface area contributed by atoms with Gasteiger partial charge in [0.15, 0.2) is 6.61 Å². The average molecular weight is 383 g/mol. The van der Waals surface area contributed by atoms with Crippen LogP contribution in [0, 0.1) is 5.92 Å². The van der Waals surface area contributed by atoms with Crippen molar-refractivity contribution in [1.82, 2.24) is 20.0 Å². The van der Waals surface area contributed by atoms with Crippen molar-refractivity contribution in [1.29, 1.82) is 0 Å². The molecule has 28 heavy (non-hydrogen) atoms. The fourth-order valence-corrected chi connectivity index (χ4v) is 4.48. The van der Waals surface area contributed by atoms with Crippen LogP contribution in [0.1, 0.15) is 36.9 Å². The Labute approximate surface area is 166 Å². The summed E-state index contributed by atoms with van der Waals surface area (Å²) in [5, 5.41) is 7.53. The summed E-state index contributed by atoms with van der Waals surface area (Å²) in [5.74, 6) is 1.33. The van der Waals surface area contributed by atoms with Gasteiger partial charge in [-0.3, -0.25) is 14.4 Å². The minimum Gasteiger partial charge on any atom is -0.483 e. The number of aryl methyl sites for hydroxylation is 2. The third kappa shape index (κ3) is 4.55. The maximum Gasteiger partial charge on any atom is 0.258 e. The summed E-state index contributed by atoms with van der Waals surface area (Å²) in [7, 11) is 2.00. The number of aromatic nitrogens is 2. The van der Waals surface area contributed by atoms with Gasteiger partial charge in [-0.1, -0.05) is 24.6 Å². The molecule has 1 aromatic heterocycles. The van der Waals surface area contributed by atoms with Crippen LogP contribution < -0.4 is 10.1 Å². The second-order valence-electron chi connectivity index (χ2n) is 8.05. The summed E-state index contributed by atoms with van der Waals surface area (Å²) in [6, 6.07) is 10.4. The summed E-state index contributed by atoms with van der Waals surface area (Å²) in [6.07, 6.45) is 7.33. The van der Waals surface area contributed by atoms with Gasteiger partial charge in [-0.25, -0.2) is 0 Å². The van der Waals surface area contributed by atoms with E-state index < -0.39 is 0 Å². The van der Waals surface area contributed by atoms with Crippen LogP contribution in [-0.4, -0.2) is 46.3 Å². The van der Waals surface area contributed by atoms with Crippen LogP contribution in [0.2, 0.25) is 0 Å². The van der Waals surface area contributed by atoms with Crippen molar-refractivity contribution < 1.29 is 9.53 Å². The van der Waals surface area contributed by atoms with Gasteiger partial charge in [0.25, 0.3) is 5.91 Å². The van der Waals surface area contributed by atoms with Crippen molar-refractivity contribution in [3.05, 3.63) is 47.8 Å². The third-order valence-corrected chi connectivity index (χ3v) is 6.07. The highest BCUT2D eigenvalue weighted by atomic mass is 16.5. The number of hydrogen-bond acceptors (Lipinski definition) is 4. The molecule has 0 aliphatic carbocycles. The largest absolute Gasteiger partial charge is 0.483 e. The zero-order chi connectivity index (χ0) is 19.3. The number of nitrogens with one attached hydrogen (secondary N) is 1. The van der Waals surface area contributed by atoms with E-state index >= 15 is 0 Å². The van der Waals surface area contributed by atoms with Gasteiger partial charge in [-0.15, -0.1) is 0 Å². The second kappa shape index (κ2) is 8.78. The first-order valence-electron chi connectivity index (χ1n) is 10.4. The topological polar surface area (TPSA) is 59.4 Å². The van der Waals surface area contributed by atoms with E-state index in [4.69, 9.17) is 4.74 Å². The Morgan fingerprint density at radius 2 is 2.11 bits per heavy atom. The minimum atomic E-state index is -0.00883. The third-order valence-electron chi connectivity index (χ3n) is 6.07. The molecule has 2 aromatic rings. The number of piperidine rings is 1. The quantitative estimate of drug-likeness (QED) is 0.867. The van der Waals surface area contributed by atoms with Gasteiger partial charge in [-0.05, 0) is 49.3 Å². The van der Waals surface area contributed by atoms with Gasteiger partial charge in [-0.2, -0.15) is 5.10 Å². The monoisotopic (exact) mass is 382 g/mol. The molecule has 4 rings (SSSR count). The number of nitrogens with zero attached hydrogens (tertiary/aromatic N) is 3. The van der Waals surface area contributed by atoms with Crippen LogP contribution in [0.3, 0.4) is 0 Å². The Morgan fingerprint density at radius 3 is 2.96 bits per heavy atom. The molecule has 0 bridgehead atoms. The number of para-hydroxylation sites is 1. The number of benzene rings is 1. The zero-order valence-electron chi connectivity index (χ0n) is 16.6. The van der Waals surface area contributed by atoms with E-state index in [1.807, 2.05) is 36.1 Å². The number of carbonyl (C=O) groups excluding carboxylic acids is 1. The lowest BCUT2D eigenvalue weighted by Crippen LogP contribution is -2.51. The fourth-order valence-electron chi connectivity index (χ4n) is 4.48. The van der Waals surface area contributed by atoms with Crippen molar-refractivity contribution in [2.75, 3.05) is 19.7 Å². The molecule has 2 aliphatic rings. The van der Waals surface area contributed by atoms with E-state index in [9.17, 15) is 4.79 Å². The highest BCUT2D eigenvalue weighted by Crippen LogP contribution is 2.26. The van der Waals surface area contributed by atoms with E-state index in [0.717, 1.165) is 51.1 Å². The van der Waals surface area contributed by atoms with Crippen molar-refractivity contribution in [2.45, 2.75) is 44.7 Å². The van der Waals surface area contributed by atoms with E-state index in [1.54, 1.807) is 0 Å². The lowest BCUT2D eigenvalue weighted by atomic mass is 9.87. The van der Waals surface area contributed by atoms with Crippen LogP contribution in [-0.2, 0) is 24.8 Å². The maximum absolute atomic E-state index is 12.5. The number of ether oxygens (including phenoxy) is 1. The van der Waals surface area contributed by atoms with Crippen molar-refractivity contribution >= 4 is 5.91 Å². The predicted molar refractivity (Wildman–Crippen MR) is 108 cm³/mol. The lowest BCUT2D eigenvalue weighted by molar-refractivity contribution is -0.124. The minimum absolute atomic E-state index is 0.00883. The molecule has 1 N–H and O–H groups in total. The molecule has 0 spiro atoms. The molecule has 1 aromatic carbocycles. The highest BCUT2D eigenvalue weighted by molar-refractivity contribution is 5.78. The SMILES string of the molecule is Cn1nccc1CN1CC[C@H]2NC(=O)COc3ccccc3CCCC[C@H]2C1. The van der Waals surface area contributed by atoms with Gasteiger partial charge in [0.2, 0.25) is 0 Å². The molecule has 150 valence electrons.